The van der Waals surface area contributed by atoms with Crippen molar-refractivity contribution in [2.24, 2.45) is 5.11 Å². The number of benzene rings is 1. The number of hydrogen-bond donors (Lipinski definition) is 0. The van der Waals surface area contributed by atoms with Crippen LogP contribution in [0.4, 0.5) is 14.5 Å². The summed E-state index contributed by atoms with van der Waals surface area (Å²) in [5.74, 6) is 0. The second-order valence-corrected chi connectivity index (χ2v) is 5.34. The fourth-order valence-electron chi connectivity index (χ4n) is 2.73. The predicted molar refractivity (Wildman–Crippen MR) is 81.4 cm³/mol. The average Bonchev–Trinajstić information content (AvgIpc) is 2.56. The van der Waals surface area contributed by atoms with E-state index in [1.807, 2.05) is 24.3 Å². The molecule has 0 saturated carbocycles. The van der Waals surface area contributed by atoms with Crippen LogP contribution in [0.2, 0.25) is 0 Å². The molecule has 22 heavy (non-hydrogen) atoms. The molecule has 1 heterocycles. The Morgan fingerprint density at radius 3 is 2.50 bits per heavy atom. The lowest BCUT2D eigenvalue weighted by molar-refractivity contribution is 0.0722. The standard InChI is InChI=1S/C15H20F2N4O/c1-22-15(14(10-16)19-20-18)11-2-4-13(5-3-11)21-8-6-12(17)7-9-21/h2-5,12,14-15H,6-10H2,1H3/t14-,15-/m1/s1. The van der Waals surface area contributed by atoms with Crippen molar-refractivity contribution >= 4 is 5.69 Å². The summed E-state index contributed by atoms with van der Waals surface area (Å²) in [6.45, 7) is 0.606. The van der Waals surface area contributed by atoms with Crippen LogP contribution in [0.5, 0.6) is 0 Å². The largest absolute Gasteiger partial charge is 0.376 e. The first-order valence-electron chi connectivity index (χ1n) is 7.31. The van der Waals surface area contributed by atoms with Crippen LogP contribution in [-0.2, 0) is 4.74 Å². The number of halogens is 2. The Bertz CT molecular complexity index is 511. The summed E-state index contributed by atoms with van der Waals surface area (Å²) in [5.41, 5.74) is 10.3. The second kappa shape index (κ2) is 7.96. The number of anilines is 1. The zero-order valence-electron chi connectivity index (χ0n) is 12.5. The number of rotatable bonds is 6. The number of alkyl halides is 2. The maximum atomic E-state index is 13.2. The van der Waals surface area contributed by atoms with E-state index in [1.165, 1.54) is 7.11 Å². The van der Waals surface area contributed by atoms with Gasteiger partial charge in [-0.05, 0) is 36.1 Å². The van der Waals surface area contributed by atoms with E-state index in [2.05, 4.69) is 14.9 Å². The summed E-state index contributed by atoms with van der Waals surface area (Å²) in [5, 5.41) is 3.44. The van der Waals surface area contributed by atoms with Crippen LogP contribution in [0.1, 0.15) is 24.5 Å². The molecule has 1 aliphatic heterocycles. The maximum absolute atomic E-state index is 13.2. The minimum absolute atomic E-state index is 0.545. The van der Waals surface area contributed by atoms with Gasteiger partial charge in [0, 0.05) is 30.8 Å². The zero-order chi connectivity index (χ0) is 15.9. The van der Waals surface area contributed by atoms with Gasteiger partial charge in [0.2, 0.25) is 0 Å². The highest BCUT2D eigenvalue weighted by molar-refractivity contribution is 5.48. The van der Waals surface area contributed by atoms with E-state index in [9.17, 15) is 8.78 Å². The number of azide groups is 1. The molecule has 2 rings (SSSR count). The molecule has 120 valence electrons. The Kier molecular flexibility index (Phi) is 5.98. The highest BCUT2D eigenvalue weighted by Crippen LogP contribution is 2.27. The molecule has 1 fully saturated rings. The third-order valence-electron chi connectivity index (χ3n) is 3.97. The molecule has 0 radical (unpaired) electrons. The van der Waals surface area contributed by atoms with Crippen LogP contribution < -0.4 is 4.90 Å². The molecule has 0 spiro atoms. The number of piperidine rings is 1. The number of nitrogens with zero attached hydrogens (tertiary/aromatic N) is 4. The average molecular weight is 310 g/mol. The van der Waals surface area contributed by atoms with Gasteiger partial charge in [-0.25, -0.2) is 4.39 Å². The fourth-order valence-corrected chi connectivity index (χ4v) is 2.73. The Morgan fingerprint density at radius 2 is 2.00 bits per heavy atom. The Morgan fingerprint density at radius 1 is 1.36 bits per heavy atom. The number of ether oxygens (including phenoxy) is 1. The highest BCUT2D eigenvalue weighted by Gasteiger charge is 2.23. The van der Waals surface area contributed by atoms with Crippen molar-refractivity contribution in [2.45, 2.75) is 31.2 Å². The quantitative estimate of drug-likeness (QED) is 0.453. The molecule has 1 aromatic rings. The van der Waals surface area contributed by atoms with E-state index < -0.39 is 25.0 Å². The van der Waals surface area contributed by atoms with Crippen molar-refractivity contribution in [1.82, 2.24) is 0 Å². The smallest absolute Gasteiger partial charge is 0.103 e. The molecule has 0 aromatic heterocycles. The molecule has 0 bridgehead atoms. The molecule has 0 aliphatic carbocycles. The molecule has 7 heteroatoms. The van der Waals surface area contributed by atoms with Crippen molar-refractivity contribution in [3.8, 4) is 0 Å². The van der Waals surface area contributed by atoms with E-state index in [1.54, 1.807) is 0 Å². The molecule has 2 atom stereocenters. The van der Waals surface area contributed by atoms with Gasteiger partial charge in [0.15, 0.2) is 0 Å². The molecular weight excluding hydrogens is 290 g/mol. The molecule has 1 aromatic carbocycles. The van der Waals surface area contributed by atoms with Crippen LogP contribution >= 0.6 is 0 Å². The molecule has 0 amide bonds. The zero-order valence-corrected chi connectivity index (χ0v) is 12.5. The summed E-state index contributed by atoms with van der Waals surface area (Å²) in [6.07, 6.45) is -0.235. The predicted octanol–water partition coefficient (Wildman–Crippen LogP) is 3.96. The van der Waals surface area contributed by atoms with Gasteiger partial charge in [0.05, 0.1) is 12.1 Å². The fraction of sp³-hybridized carbons (Fsp3) is 0.600. The van der Waals surface area contributed by atoms with Crippen LogP contribution in [0.15, 0.2) is 29.4 Å². The van der Waals surface area contributed by atoms with Crippen molar-refractivity contribution in [3.05, 3.63) is 40.3 Å². The Labute approximate surface area is 128 Å². The SMILES string of the molecule is CO[C@H](c1ccc(N2CCC(F)CC2)cc1)[C@@H](CF)N=[N+]=[N-]. The summed E-state index contributed by atoms with van der Waals surface area (Å²) >= 11 is 0. The minimum atomic E-state index is -0.886. The molecule has 0 unspecified atom stereocenters. The normalized spacial score (nSPS) is 18.6. The lowest BCUT2D eigenvalue weighted by Crippen LogP contribution is -2.34. The van der Waals surface area contributed by atoms with E-state index in [0.29, 0.717) is 25.9 Å². The third-order valence-corrected chi connectivity index (χ3v) is 3.97. The maximum Gasteiger partial charge on any atom is 0.103 e. The molecule has 0 N–H and O–H groups in total. The lowest BCUT2D eigenvalue weighted by Gasteiger charge is -2.31. The van der Waals surface area contributed by atoms with Crippen LogP contribution in [0.3, 0.4) is 0 Å². The van der Waals surface area contributed by atoms with Gasteiger partial charge in [-0.3, -0.25) is 4.39 Å². The van der Waals surface area contributed by atoms with E-state index >= 15 is 0 Å². The van der Waals surface area contributed by atoms with Gasteiger partial charge in [-0.15, -0.1) is 0 Å². The summed E-state index contributed by atoms with van der Waals surface area (Å²) < 4.78 is 31.4. The first kappa shape index (κ1) is 16.5. The molecule has 1 saturated heterocycles. The first-order chi connectivity index (χ1) is 10.7. The highest BCUT2D eigenvalue weighted by atomic mass is 19.1. The molecular formula is C15H20F2N4O. The van der Waals surface area contributed by atoms with Crippen LogP contribution in [0.25, 0.3) is 10.4 Å². The summed E-state index contributed by atoms with van der Waals surface area (Å²) in [4.78, 5) is 4.79. The molecule has 1 aliphatic rings. The van der Waals surface area contributed by atoms with Gasteiger partial charge in [-0.2, -0.15) is 0 Å². The van der Waals surface area contributed by atoms with Gasteiger partial charge in [0.1, 0.15) is 12.8 Å². The first-order valence-corrected chi connectivity index (χ1v) is 7.31. The van der Waals surface area contributed by atoms with E-state index in [4.69, 9.17) is 10.3 Å². The second-order valence-electron chi connectivity index (χ2n) is 5.34. The van der Waals surface area contributed by atoms with Crippen molar-refractivity contribution in [1.29, 1.82) is 0 Å². The topological polar surface area (TPSA) is 61.2 Å². The summed E-state index contributed by atoms with van der Waals surface area (Å²) in [6, 6.07) is 6.60. The van der Waals surface area contributed by atoms with Crippen molar-refractivity contribution in [2.75, 3.05) is 31.8 Å². The summed E-state index contributed by atoms with van der Waals surface area (Å²) in [7, 11) is 1.46. The lowest BCUT2D eigenvalue weighted by atomic mass is 10.0. The van der Waals surface area contributed by atoms with Crippen LogP contribution in [-0.4, -0.2) is 39.1 Å². The van der Waals surface area contributed by atoms with Gasteiger partial charge >= 0.3 is 0 Å². The number of methoxy groups -OCH3 is 1. The Balaban J connectivity index is 2.11. The monoisotopic (exact) mass is 310 g/mol. The molecule has 5 nitrogen and oxygen atoms in total. The van der Waals surface area contributed by atoms with Crippen molar-refractivity contribution < 1.29 is 13.5 Å². The van der Waals surface area contributed by atoms with E-state index in [0.717, 1.165) is 11.3 Å². The minimum Gasteiger partial charge on any atom is -0.376 e. The van der Waals surface area contributed by atoms with Crippen molar-refractivity contribution in [3.63, 3.8) is 0 Å². The Hall–Kier alpha value is -1.85. The number of hydrogen-bond acceptors (Lipinski definition) is 3. The van der Waals surface area contributed by atoms with Crippen LogP contribution in [0, 0.1) is 0 Å². The van der Waals surface area contributed by atoms with Gasteiger partial charge in [0.25, 0.3) is 0 Å². The third kappa shape index (κ3) is 3.87. The van der Waals surface area contributed by atoms with E-state index in [-0.39, 0.29) is 0 Å². The van der Waals surface area contributed by atoms with Gasteiger partial charge in [-0.1, -0.05) is 17.2 Å². The van der Waals surface area contributed by atoms with Gasteiger partial charge < -0.3 is 9.64 Å².